The van der Waals surface area contributed by atoms with E-state index in [-0.39, 0.29) is 52.7 Å². The highest BCUT2D eigenvalue weighted by molar-refractivity contribution is 5.87. The van der Waals surface area contributed by atoms with Gasteiger partial charge in [0.2, 0.25) is 11.8 Å². The topological polar surface area (TPSA) is 158 Å². The Labute approximate surface area is 334 Å². The molecule has 14 heteroatoms. The van der Waals surface area contributed by atoms with Gasteiger partial charge in [-0.1, -0.05) is 44.2 Å². The van der Waals surface area contributed by atoms with Crippen LogP contribution in [0.2, 0.25) is 0 Å². The number of alkyl carbamates (subject to hydrolysis) is 1. The quantitative estimate of drug-likeness (QED) is 0.114. The van der Waals surface area contributed by atoms with E-state index in [1.54, 1.807) is 47.9 Å². The molecular formula is C44H46F2N8O4. The zero-order valence-electron chi connectivity index (χ0n) is 32.6. The van der Waals surface area contributed by atoms with E-state index in [4.69, 9.17) is 9.72 Å². The van der Waals surface area contributed by atoms with Gasteiger partial charge in [0, 0.05) is 53.7 Å². The second-order valence-corrected chi connectivity index (χ2v) is 16.5. The Morgan fingerprint density at radius 1 is 0.914 bits per heavy atom. The van der Waals surface area contributed by atoms with Gasteiger partial charge in [0.1, 0.15) is 17.7 Å². The van der Waals surface area contributed by atoms with Crippen LogP contribution in [0.4, 0.5) is 13.6 Å². The van der Waals surface area contributed by atoms with Crippen molar-refractivity contribution in [3.05, 3.63) is 102 Å². The molecule has 1 aliphatic heterocycles. The van der Waals surface area contributed by atoms with E-state index in [0.717, 1.165) is 37.1 Å². The smallest absolute Gasteiger partial charge is 0.407 e. The van der Waals surface area contributed by atoms with E-state index in [2.05, 4.69) is 30.6 Å². The average molecular weight is 789 g/mol. The summed E-state index contributed by atoms with van der Waals surface area (Å²) in [5.74, 6) is -2.02. The first-order chi connectivity index (χ1) is 28.0. The number of methoxy groups -OCH3 is 1. The summed E-state index contributed by atoms with van der Waals surface area (Å²) in [5, 5.41) is 5.77. The molecule has 2 saturated carbocycles. The van der Waals surface area contributed by atoms with Crippen LogP contribution in [-0.2, 0) is 26.8 Å². The van der Waals surface area contributed by atoms with Gasteiger partial charge in [-0.25, -0.2) is 14.8 Å². The molecule has 3 amide bonds. The van der Waals surface area contributed by atoms with Gasteiger partial charge in [0.05, 0.1) is 42.9 Å². The minimum absolute atomic E-state index is 0.0139. The monoisotopic (exact) mass is 788 g/mol. The van der Waals surface area contributed by atoms with Crippen LogP contribution >= 0.6 is 0 Å². The van der Waals surface area contributed by atoms with E-state index < -0.39 is 18.1 Å². The van der Waals surface area contributed by atoms with E-state index >= 15 is 8.78 Å². The number of ether oxygens (including phenoxy) is 1. The molecular weight excluding hydrogens is 743 g/mol. The first kappa shape index (κ1) is 37.6. The summed E-state index contributed by atoms with van der Waals surface area (Å²) in [5.41, 5.74) is 4.05. The van der Waals surface area contributed by atoms with Crippen molar-refractivity contribution in [2.45, 2.75) is 76.4 Å². The molecule has 4 aliphatic rings. The van der Waals surface area contributed by atoms with Crippen LogP contribution in [0.15, 0.2) is 73.3 Å². The number of aromatic nitrogens is 5. The summed E-state index contributed by atoms with van der Waals surface area (Å²) in [6, 6.07) is 12.8. The van der Waals surface area contributed by atoms with Gasteiger partial charge in [-0.15, -0.1) is 0 Å². The van der Waals surface area contributed by atoms with Gasteiger partial charge in [-0.05, 0) is 84.7 Å². The largest absolute Gasteiger partial charge is 0.453 e. The predicted molar refractivity (Wildman–Crippen MR) is 211 cm³/mol. The lowest BCUT2D eigenvalue weighted by Crippen LogP contribution is -2.51. The van der Waals surface area contributed by atoms with Crippen LogP contribution in [0.5, 0.6) is 0 Å². The number of aromatic amines is 2. The summed E-state index contributed by atoms with van der Waals surface area (Å²) >= 11 is 0. The van der Waals surface area contributed by atoms with E-state index in [1.807, 2.05) is 38.1 Å². The van der Waals surface area contributed by atoms with Gasteiger partial charge >= 0.3 is 6.09 Å². The van der Waals surface area contributed by atoms with Crippen molar-refractivity contribution in [1.82, 2.24) is 40.5 Å². The van der Waals surface area contributed by atoms with Gasteiger partial charge < -0.3 is 30.2 Å². The van der Waals surface area contributed by atoms with Gasteiger partial charge in [-0.3, -0.25) is 14.6 Å². The molecule has 2 aromatic carbocycles. The molecule has 6 atom stereocenters. The molecule has 0 radical (unpaired) electrons. The highest BCUT2D eigenvalue weighted by Gasteiger charge is 2.52. The fraction of sp³-hybridized carbons (Fsp3) is 0.409. The fourth-order valence-corrected chi connectivity index (χ4v) is 9.93. The maximum atomic E-state index is 16.5. The zero-order chi connectivity index (χ0) is 40.3. The normalized spacial score (nSPS) is 23.1. The van der Waals surface area contributed by atoms with Crippen LogP contribution in [0.1, 0.15) is 86.3 Å². The lowest BCUT2D eigenvalue weighted by Gasteiger charge is -2.30. The minimum Gasteiger partial charge on any atom is -0.453 e. The fourth-order valence-electron chi connectivity index (χ4n) is 9.93. The minimum atomic E-state index is -3.27. The number of carbonyl (C=O) groups excluding carboxylic acids is 3. The molecule has 2 bridgehead atoms. The number of nitrogens with zero attached hydrogens (tertiary/aromatic N) is 4. The molecule has 300 valence electrons. The highest BCUT2D eigenvalue weighted by atomic mass is 19.3. The Morgan fingerprint density at radius 3 is 2.24 bits per heavy atom. The third-order valence-electron chi connectivity index (χ3n) is 12.8. The number of amides is 3. The number of hydrogen-bond acceptors (Lipinski definition) is 7. The molecule has 4 heterocycles. The van der Waals surface area contributed by atoms with Gasteiger partial charge in [0.15, 0.2) is 0 Å². The second kappa shape index (κ2) is 14.8. The Morgan fingerprint density at radius 2 is 1.59 bits per heavy atom. The molecule has 3 aromatic heterocycles. The number of imidazole rings is 2. The van der Waals surface area contributed by atoms with Crippen LogP contribution in [0.25, 0.3) is 33.6 Å². The maximum absolute atomic E-state index is 16.5. The average Bonchev–Trinajstić information content (AvgIpc) is 4.10. The lowest BCUT2D eigenvalue weighted by atomic mass is 9.78. The molecule has 9 rings (SSSR count). The van der Waals surface area contributed by atoms with Crippen molar-refractivity contribution >= 4 is 17.9 Å². The number of rotatable bonds is 10. The number of fused-ring (bicyclic) bond motifs is 5. The number of pyridine rings is 1. The van der Waals surface area contributed by atoms with E-state index in [1.165, 1.54) is 13.2 Å². The molecule has 58 heavy (non-hydrogen) atoms. The van der Waals surface area contributed by atoms with Crippen molar-refractivity contribution in [2.75, 3.05) is 13.7 Å². The van der Waals surface area contributed by atoms with Crippen LogP contribution < -0.4 is 10.6 Å². The van der Waals surface area contributed by atoms with Gasteiger partial charge in [0.25, 0.3) is 5.92 Å². The SMILES string of the molecule is COC(=O)NC(C(=O)N1CCC[C@H]1c1ncc(-c2ccc3c(c2)C(F)(F)c2cc(-c4cnc([C@@H]5C6CCC(C6)[C@H]5C(=O)NCc5cccnc5)[nH]4)ccc2-3)[nH]1)C(C)C. The van der Waals surface area contributed by atoms with Crippen LogP contribution in [-0.4, -0.2) is 67.4 Å². The van der Waals surface area contributed by atoms with Crippen molar-refractivity contribution in [3.63, 3.8) is 0 Å². The number of likely N-dealkylation sites (tertiary alicyclic amines) is 1. The number of H-pyrrole nitrogens is 2. The lowest BCUT2D eigenvalue weighted by molar-refractivity contribution is -0.135. The molecule has 3 unspecified atom stereocenters. The zero-order valence-corrected chi connectivity index (χ0v) is 32.6. The molecule has 0 spiro atoms. The third kappa shape index (κ3) is 6.51. The molecule has 4 N–H and O–H groups in total. The maximum Gasteiger partial charge on any atom is 0.407 e. The summed E-state index contributed by atoms with van der Waals surface area (Å²) in [6.45, 7) is 4.62. The number of nitrogens with one attached hydrogen (secondary N) is 4. The number of halogens is 2. The summed E-state index contributed by atoms with van der Waals surface area (Å²) < 4.78 is 37.7. The molecule has 12 nitrogen and oxygen atoms in total. The number of benzene rings is 2. The number of carbonyl (C=O) groups is 3. The van der Waals surface area contributed by atoms with Crippen molar-refractivity contribution in [2.24, 2.45) is 23.7 Å². The summed E-state index contributed by atoms with van der Waals surface area (Å²) in [6.07, 6.45) is 10.5. The van der Waals surface area contributed by atoms with Gasteiger partial charge in [-0.2, -0.15) is 8.78 Å². The highest BCUT2D eigenvalue weighted by Crippen LogP contribution is 2.57. The number of hydrogen-bond donors (Lipinski definition) is 4. The Bertz CT molecular complexity index is 2380. The van der Waals surface area contributed by atoms with E-state index in [0.29, 0.717) is 64.9 Å². The van der Waals surface area contributed by atoms with Crippen LogP contribution in [0.3, 0.4) is 0 Å². The Kier molecular flexibility index (Phi) is 9.60. The van der Waals surface area contributed by atoms with Crippen molar-refractivity contribution in [3.8, 4) is 33.6 Å². The molecule has 3 aliphatic carbocycles. The predicted octanol–water partition coefficient (Wildman–Crippen LogP) is 7.47. The summed E-state index contributed by atoms with van der Waals surface area (Å²) in [7, 11) is 1.26. The Balaban J connectivity index is 0.928. The molecule has 1 saturated heterocycles. The van der Waals surface area contributed by atoms with Crippen molar-refractivity contribution < 1.29 is 27.9 Å². The van der Waals surface area contributed by atoms with Crippen molar-refractivity contribution in [1.29, 1.82) is 0 Å². The number of alkyl halides is 2. The first-order valence-electron chi connectivity index (χ1n) is 20.1. The Hall–Kier alpha value is -5.92. The molecule has 3 fully saturated rings. The first-order valence-corrected chi connectivity index (χ1v) is 20.1. The standard InChI is InChI=1S/C44H46F2N8O4/c1-23(2)38(53-43(57)58-3)42(56)54-15-5-7-35(54)39-48-21-33(51-39)25-10-12-29-30-13-11-26(18-32(30)44(45,46)31(29)17-25)34-22-49-40(52-34)36-27-8-9-28(16-27)37(36)41(55)50-20-24-6-4-14-47-19-24/h4,6,10-14,17-19,21-23,27-28,35-38H,5,7-9,15-16,20H2,1-3H3,(H,48,51)(H,49,52)(H,50,55)(H,53,57)/t27?,28?,35-,36+,37+,38?/m0/s1. The summed E-state index contributed by atoms with van der Waals surface area (Å²) in [4.78, 5) is 61.1. The van der Waals surface area contributed by atoms with Crippen LogP contribution in [0, 0.1) is 23.7 Å². The molecule has 5 aromatic rings. The van der Waals surface area contributed by atoms with E-state index in [9.17, 15) is 14.4 Å². The second-order valence-electron chi connectivity index (χ2n) is 16.5. The third-order valence-corrected chi connectivity index (χ3v) is 12.8.